The number of ether oxygens (including phenoxy) is 2. The van der Waals surface area contributed by atoms with Gasteiger partial charge in [0.05, 0.1) is 19.7 Å². The van der Waals surface area contributed by atoms with E-state index < -0.39 is 0 Å². The first kappa shape index (κ1) is 34.5. The number of nitrogens with one attached hydrogen (secondary N) is 3. The van der Waals surface area contributed by atoms with Crippen LogP contribution >= 0.6 is 0 Å². The lowest BCUT2D eigenvalue weighted by Gasteiger charge is -2.41. The summed E-state index contributed by atoms with van der Waals surface area (Å²) in [6, 6.07) is 13.5. The van der Waals surface area contributed by atoms with Gasteiger partial charge in [-0.05, 0) is 138 Å². The highest BCUT2D eigenvalue weighted by Crippen LogP contribution is 2.42. The van der Waals surface area contributed by atoms with Crippen LogP contribution in [0.25, 0.3) is 32.7 Å². The van der Waals surface area contributed by atoms with E-state index in [4.69, 9.17) is 9.47 Å². The molecule has 3 heterocycles. The van der Waals surface area contributed by atoms with Gasteiger partial charge < -0.3 is 29.3 Å². The summed E-state index contributed by atoms with van der Waals surface area (Å²) >= 11 is 0. The van der Waals surface area contributed by atoms with Crippen LogP contribution in [0, 0.1) is 0 Å². The molecule has 9 rings (SSSR count). The molecule has 0 fully saturated rings. The summed E-state index contributed by atoms with van der Waals surface area (Å²) in [5.41, 5.74) is 14.9. The van der Waals surface area contributed by atoms with Gasteiger partial charge in [0.1, 0.15) is 11.5 Å². The average molecular weight is 713 g/mol. The van der Waals surface area contributed by atoms with Crippen LogP contribution in [0.15, 0.2) is 48.9 Å². The summed E-state index contributed by atoms with van der Waals surface area (Å²) < 4.78 is 12.3. The molecule has 0 spiro atoms. The Morgan fingerprint density at radius 1 is 0.679 bits per heavy atom. The molecule has 4 unspecified atom stereocenters. The van der Waals surface area contributed by atoms with Crippen molar-refractivity contribution >= 4 is 32.7 Å². The molecule has 0 saturated heterocycles. The van der Waals surface area contributed by atoms with E-state index in [0.717, 1.165) is 63.0 Å². The normalized spacial score (nSPS) is 20.2. The summed E-state index contributed by atoms with van der Waals surface area (Å²) in [7, 11) is 10.3. The molecule has 0 aliphatic heterocycles. The highest BCUT2D eigenvalue weighted by atomic mass is 16.5. The smallest absolute Gasteiger partial charge is 0.125 e. The summed E-state index contributed by atoms with van der Waals surface area (Å²) in [5, 5.41) is 4.23. The van der Waals surface area contributed by atoms with Gasteiger partial charge in [-0.25, -0.2) is 0 Å². The number of aromatic amines is 3. The van der Waals surface area contributed by atoms with E-state index in [9.17, 15) is 0 Å². The molecule has 3 aromatic carbocycles. The second kappa shape index (κ2) is 13.3. The number of methoxy groups -OCH3 is 2. The first-order valence-electron chi connectivity index (χ1n) is 19.7. The highest BCUT2D eigenvalue weighted by molar-refractivity contribution is 5.93. The minimum atomic E-state index is 0.338. The zero-order chi connectivity index (χ0) is 36.7. The summed E-state index contributed by atoms with van der Waals surface area (Å²) in [6.45, 7) is 7.97. The standard InChI is InChI=1S/C45H56N6O2/c1-25(2)51(35-13-27-10-9-11-38-41(27)30(17-35)21-46-38)26(3)12-29-19-39(52-7)36-20-34(16-32-23-47-44(29)43(32)36)50(6)24-37-40(53-8)18-28-14-33(49(4)5)15-31-22-48-45(37)42(28)31/h9-11,18-19,21-23,25-26,33-35,46-48H,12-17,20,24H2,1-8H3. The van der Waals surface area contributed by atoms with E-state index >= 15 is 0 Å². The Bertz CT molecular complexity index is 2330. The van der Waals surface area contributed by atoms with Crippen molar-refractivity contribution in [2.75, 3.05) is 35.4 Å². The predicted molar refractivity (Wildman–Crippen MR) is 217 cm³/mol. The molecular formula is C45H56N6O2. The first-order chi connectivity index (χ1) is 25.6. The fourth-order valence-electron chi connectivity index (χ4n) is 10.7. The Kier molecular flexibility index (Phi) is 8.63. The zero-order valence-electron chi connectivity index (χ0n) is 32.8. The van der Waals surface area contributed by atoms with Crippen molar-refractivity contribution in [2.45, 2.75) is 102 Å². The second-order valence-electron chi connectivity index (χ2n) is 16.9. The van der Waals surface area contributed by atoms with E-state index in [0.29, 0.717) is 30.2 Å². The number of aromatic nitrogens is 3. The van der Waals surface area contributed by atoms with Gasteiger partial charge in [-0.3, -0.25) is 9.80 Å². The molecular weight excluding hydrogens is 657 g/mol. The number of hydrogen-bond donors (Lipinski definition) is 3. The lowest BCUT2D eigenvalue weighted by atomic mass is 9.84. The third-order valence-electron chi connectivity index (χ3n) is 13.2. The van der Waals surface area contributed by atoms with E-state index in [-0.39, 0.29) is 0 Å². The summed E-state index contributed by atoms with van der Waals surface area (Å²) in [4.78, 5) is 18.6. The quantitative estimate of drug-likeness (QED) is 0.129. The van der Waals surface area contributed by atoms with Crippen LogP contribution in [0.1, 0.15) is 65.3 Å². The van der Waals surface area contributed by atoms with Gasteiger partial charge in [-0.1, -0.05) is 12.1 Å². The van der Waals surface area contributed by atoms with Gasteiger partial charge >= 0.3 is 0 Å². The molecule has 8 heteroatoms. The maximum absolute atomic E-state index is 6.23. The van der Waals surface area contributed by atoms with Gasteiger partial charge in [-0.2, -0.15) is 0 Å². The predicted octanol–water partition coefficient (Wildman–Crippen LogP) is 7.58. The molecule has 3 aromatic heterocycles. The Hall–Kier alpha value is -4.24. The maximum Gasteiger partial charge on any atom is 0.125 e. The van der Waals surface area contributed by atoms with Crippen LogP contribution < -0.4 is 9.47 Å². The summed E-state index contributed by atoms with van der Waals surface area (Å²) in [5.74, 6) is 2.00. The topological polar surface area (TPSA) is 75.5 Å². The van der Waals surface area contributed by atoms with Crippen molar-refractivity contribution in [1.82, 2.24) is 29.7 Å². The third kappa shape index (κ3) is 5.67. The molecule has 0 amide bonds. The molecule has 8 nitrogen and oxygen atoms in total. The molecule has 3 aliphatic rings. The molecule has 3 N–H and O–H groups in total. The van der Waals surface area contributed by atoms with Crippen LogP contribution in [0.2, 0.25) is 0 Å². The van der Waals surface area contributed by atoms with Gasteiger partial charge in [0.15, 0.2) is 0 Å². The van der Waals surface area contributed by atoms with Crippen molar-refractivity contribution in [3.05, 3.63) is 93.4 Å². The maximum atomic E-state index is 6.23. The lowest BCUT2D eigenvalue weighted by Crippen LogP contribution is -2.49. The molecule has 0 radical (unpaired) electrons. The molecule has 278 valence electrons. The number of benzene rings is 3. The van der Waals surface area contributed by atoms with Crippen LogP contribution in [-0.4, -0.2) is 95.2 Å². The average Bonchev–Trinajstić information content (AvgIpc) is 3.89. The van der Waals surface area contributed by atoms with E-state index in [1.165, 1.54) is 77.2 Å². The minimum Gasteiger partial charge on any atom is -0.496 e. The van der Waals surface area contributed by atoms with Gasteiger partial charge in [-0.15, -0.1) is 0 Å². The number of hydrogen-bond acceptors (Lipinski definition) is 5. The number of nitrogens with zero attached hydrogens (tertiary/aromatic N) is 3. The third-order valence-corrected chi connectivity index (χ3v) is 13.2. The van der Waals surface area contributed by atoms with Gasteiger partial charge in [0, 0.05) is 93.7 Å². The molecule has 4 atom stereocenters. The van der Waals surface area contributed by atoms with Crippen molar-refractivity contribution in [1.29, 1.82) is 0 Å². The van der Waals surface area contributed by atoms with Crippen molar-refractivity contribution < 1.29 is 9.47 Å². The van der Waals surface area contributed by atoms with Crippen LogP contribution in [0.5, 0.6) is 11.5 Å². The lowest BCUT2D eigenvalue weighted by molar-refractivity contribution is 0.101. The van der Waals surface area contributed by atoms with E-state index in [1.807, 2.05) is 14.2 Å². The molecule has 0 saturated carbocycles. The Morgan fingerprint density at radius 2 is 1.34 bits per heavy atom. The van der Waals surface area contributed by atoms with E-state index in [1.54, 1.807) is 0 Å². The van der Waals surface area contributed by atoms with E-state index in [2.05, 4.69) is 120 Å². The largest absolute Gasteiger partial charge is 0.496 e. The van der Waals surface area contributed by atoms with Gasteiger partial charge in [0.2, 0.25) is 0 Å². The number of H-pyrrole nitrogens is 3. The van der Waals surface area contributed by atoms with Crippen molar-refractivity contribution in [3.63, 3.8) is 0 Å². The minimum absolute atomic E-state index is 0.338. The van der Waals surface area contributed by atoms with Crippen molar-refractivity contribution in [3.8, 4) is 11.5 Å². The van der Waals surface area contributed by atoms with Crippen LogP contribution in [-0.2, 0) is 51.5 Å². The van der Waals surface area contributed by atoms with Crippen LogP contribution in [0.4, 0.5) is 0 Å². The SMILES string of the molecule is COc1cc2c3c(c[nH]c3c1CN(C)C1Cc3c[nH]c4c(CC(C)N(C(C)C)C5Cc6cccc7[nH]cc(c67)C5)cc(OC)c(c34)C1)CC(N(C)C)C2. The first-order valence-corrected chi connectivity index (χ1v) is 19.7. The van der Waals surface area contributed by atoms with Crippen LogP contribution in [0.3, 0.4) is 0 Å². The number of rotatable bonds is 11. The Labute approximate surface area is 313 Å². The fraction of sp³-hybridized carbons (Fsp3) is 0.467. The highest BCUT2D eigenvalue weighted by Gasteiger charge is 2.34. The Balaban J connectivity index is 0.970. The van der Waals surface area contributed by atoms with Crippen molar-refractivity contribution in [2.24, 2.45) is 0 Å². The monoisotopic (exact) mass is 712 g/mol. The Morgan fingerprint density at radius 3 is 2.09 bits per heavy atom. The summed E-state index contributed by atoms with van der Waals surface area (Å²) in [6.07, 6.45) is 14.0. The molecule has 6 aromatic rings. The fourth-order valence-corrected chi connectivity index (χ4v) is 10.7. The second-order valence-corrected chi connectivity index (χ2v) is 16.9. The zero-order valence-corrected chi connectivity index (χ0v) is 32.8. The molecule has 0 bridgehead atoms. The molecule has 3 aliphatic carbocycles. The molecule has 53 heavy (non-hydrogen) atoms. The number of likely N-dealkylation sites (N-methyl/N-ethyl adjacent to an activating group) is 2. The van der Waals surface area contributed by atoms with Gasteiger partial charge in [0.25, 0.3) is 0 Å².